The third-order valence-electron chi connectivity index (χ3n) is 2.21. The molecule has 0 saturated heterocycles. The largest absolute Gasteiger partial charge is 0.308 e. The molecule has 0 unspecified atom stereocenters. The highest BCUT2D eigenvalue weighted by molar-refractivity contribution is 6.17. The second kappa shape index (κ2) is 5.32. The van der Waals surface area contributed by atoms with E-state index in [9.17, 15) is 0 Å². The maximum absolute atomic E-state index is 5.72. The summed E-state index contributed by atoms with van der Waals surface area (Å²) in [6.07, 6.45) is 4.63. The molecule has 1 aromatic rings. The van der Waals surface area contributed by atoms with E-state index < -0.39 is 0 Å². The summed E-state index contributed by atoms with van der Waals surface area (Å²) in [5.41, 5.74) is 1.30. The van der Waals surface area contributed by atoms with Crippen LogP contribution in [0.3, 0.4) is 0 Å². The third-order valence-corrected chi connectivity index (χ3v) is 2.40. The van der Waals surface area contributed by atoms with Crippen molar-refractivity contribution in [1.29, 1.82) is 0 Å². The first kappa shape index (κ1) is 11.5. The van der Waals surface area contributed by atoms with E-state index in [1.165, 1.54) is 5.56 Å². The molecule has 78 valence electrons. The van der Waals surface area contributed by atoms with Crippen LogP contribution in [0.5, 0.6) is 0 Å². The summed E-state index contributed by atoms with van der Waals surface area (Å²) in [6, 6.07) is 4.02. The first-order chi connectivity index (χ1) is 6.64. The van der Waals surface area contributed by atoms with Crippen LogP contribution in [0.15, 0.2) is 24.5 Å². The lowest BCUT2D eigenvalue weighted by Crippen LogP contribution is -2.39. The van der Waals surface area contributed by atoms with Gasteiger partial charge in [0.2, 0.25) is 0 Å². The Balaban J connectivity index is 2.40. The number of aromatic nitrogens is 1. The molecular weight excluding hydrogens is 196 g/mol. The molecule has 0 spiro atoms. The zero-order valence-electron chi connectivity index (χ0n) is 8.76. The number of alkyl halides is 1. The number of nitrogens with one attached hydrogen (secondary N) is 1. The van der Waals surface area contributed by atoms with Gasteiger partial charge in [-0.05, 0) is 31.9 Å². The molecule has 1 rings (SSSR count). The molecule has 0 aromatic carbocycles. The third kappa shape index (κ3) is 4.07. The van der Waals surface area contributed by atoms with Crippen molar-refractivity contribution in [2.24, 2.45) is 0 Å². The van der Waals surface area contributed by atoms with Crippen LogP contribution in [0.1, 0.15) is 25.8 Å². The van der Waals surface area contributed by atoms with Gasteiger partial charge in [0.15, 0.2) is 0 Å². The predicted molar refractivity (Wildman–Crippen MR) is 60.5 cm³/mol. The quantitative estimate of drug-likeness (QED) is 0.759. The van der Waals surface area contributed by atoms with Gasteiger partial charge in [0, 0.05) is 30.4 Å². The fraction of sp³-hybridized carbons (Fsp3) is 0.545. The average molecular weight is 213 g/mol. The van der Waals surface area contributed by atoms with Gasteiger partial charge in [-0.15, -0.1) is 11.6 Å². The van der Waals surface area contributed by atoms with Gasteiger partial charge in [-0.25, -0.2) is 0 Å². The zero-order chi connectivity index (χ0) is 10.4. The van der Waals surface area contributed by atoms with Crippen LogP contribution in [0.2, 0.25) is 0 Å². The Hall–Kier alpha value is -0.600. The average Bonchev–Trinajstić information content (AvgIpc) is 2.17. The highest BCUT2D eigenvalue weighted by Crippen LogP contribution is 2.10. The molecule has 0 aliphatic carbocycles. The van der Waals surface area contributed by atoms with Crippen LogP contribution in [-0.4, -0.2) is 16.4 Å². The molecule has 1 N–H and O–H groups in total. The van der Waals surface area contributed by atoms with Gasteiger partial charge < -0.3 is 5.32 Å². The molecule has 0 amide bonds. The van der Waals surface area contributed by atoms with Crippen LogP contribution >= 0.6 is 11.6 Å². The summed E-state index contributed by atoms with van der Waals surface area (Å²) < 4.78 is 0. The minimum Gasteiger partial charge on any atom is -0.308 e. The van der Waals surface area contributed by atoms with Crippen LogP contribution in [-0.2, 0) is 6.54 Å². The Labute approximate surface area is 90.7 Å². The Kier molecular flexibility index (Phi) is 4.36. The Morgan fingerprint density at radius 3 is 2.86 bits per heavy atom. The van der Waals surface area contributed by atoms with Crippen LogP contribution in [0, 0.1) is 0 Å². The van der Waals surface area contributed by atoms with Crippen molar-refractivity contribution in [3.8, 4) is 0 Å². The van der Waals surface area contributed by atoms with Gasteiger partial charge in [0.05, 0.1) is 0 Å². The molecule has 2 nitrogen and oxygen atoms in total. The summed E-state index contributed by atoms with van der Waals surface area (Å²) in [5, 5.41) is 3.45. The number of nitrogens with zero attached hydrogens (tertiary/aromatic N) is 1. The van der Waals surface area contributed by atoms with Gasteiger partial charge in [-0.3, -0.25) is 4.98 Å². The van der Waals surface area contributed by atoms with Gasteiger partial charge >= 0.3 is 0 Å². The van der Waals surface area contributed by atoms with Crippen LogP contribution in [0.4, 0.5) is 0 Å². The van der Waals surface area contributed by atoms with E-state index >= 15 is 0 Å². The summed E-state index contributed by atoms with van der Waals surface area (Å²) >= 11 is 5.72. The van der Waals surface area contributed by atoms with E-state index in [1.54, 1.807) is 6.20 Å². The van der Waals surface area contributed by atoms with E-state index in [-0.39, 0.29) is 5.54 Å². The molecule has 0 aliphatic rings. The van der Waals surface area contributed by atoms with Crippen molar-refractivity contribution in [2.75, 3.05) is 5.88 Å². The molecule has 3 heteroatoms. The molecule has 0 radical (unpaired) electrons. The summed E-state index contributed by atoms with van der Waals surface area (Å²) in [4.78, 5) is 4.07. The van der Waals surface area contributed by atoms with Crippen molar-refractivity contribution in [1.82, 2.24) is 10.3 Å². The Morgan fingerprint density at radius 2 is 2.29 bits per heavy atom. The lowest BCUT2D eigenvalue weighted by molar-refractivity contribution is 0.376. The van der Waals surface area contributed by atoms with E-state index in [0.717, 1.165) is 13.0 Å². The van der Waals surface area contributed by atoms with E-state index in [4.69, 9.17) is 11.6 Å². The molecule has 14 heavy (non-hydrogen) atoms. The van der Waals surface area contributed by atoms with Crippen LogP contribution in [0.25, 0.3) is 0 Å². The topological polar surface area (TPSA) is 24.9 Å². The van der Waals surface area contributed by atoms with Crippen molar-refractivity contribution in [3.63, 3.8) is 0 Å². The van der Waals surface area contributed by atoms with Gasteiger partial charge in [-0.2, -0.15) is 0 Å². The maximum Gasteiger partial charge on any atom is 0.0312 e. The van der Waals surface area contributed by atoms with Crippen LogP contribution < -0.4 is 5.32 Å². The second-order valence-electron chi connectivity index (χ2n) is 4.04. The Morgan fingerprint density at radius 1 is 1.50 bits per heavy atom. The second-order valence-corrected chi connectivity index (χ2v) is 4.42. The van der Waals surface area contributed by atoms with Gasteiger partial charge in [-0.1, -0.05) is 6.07 Å². The van der Waals surface area contributed by atoms with Crippen molar-refractivity contribution < 1.29 is 0 Å². The molecule has 0 fully saturated rings. The molecule has 0 atom stereocenters. The summed E-state index contributed by atoms with van der Waals surface area (Å²) in [5.74, 6) is 0.688. The highest BCUT2D eigenvalue weighted by Gasteiger charge is 2.15. The van der Waals surface area contributed by atoms with Crippen molar-refractivity contribution in [2.45, 2.75) is 32.4 Å². The number of hydrogen-bond donors (Lipinski definition) is 1. The monoisotopic (exact) mass is 212 g/mol. The Bertz CT molecular complexity index is 259. The zero-order valence-corrected chi connectivity index (χ0v) is 9.51. The number of halogens is 1. The lowest BCUT2D eigenvalue weighted by Gasteiger charge is -2.25. The number of rotatable bonds is 5. The number of hydrogen-bond acceptors (Lipinski definition) is 2. The van der Waals surface area contributed by atoms with Gasteiger partial charge in [0.25, 0.3) is 0 Å². The van der Waals surface area contributed by atoms with E-state index in [1.807, 2.05) is 12.3 Å². The SMILES string of the molecule is CC(C)(CCCl)NCc1cccnc1. The molecule has 0 saturated carbocycles. The van der Waals surface area contributed by atoms with E-state index in [0.29, 0.717) is 5.88 Å². The first-order valence-electron chi connectivity index (χ1n) is 4.84. The molecule has 0 bridgehead atoms. The standard InChI is InChI=1S/C11H17ClN2/c1-11(2,5-6-12)14-9-10-4-3-7-13-8-10/h3-4,7-8,14H,5-6,9H2,1-2H3. The fourth-order valence-corrected chi connectivity index (χ4v) is 1.64. The lowest BCUT2D eigenvalue weighted by atomic mass is 10.0. The molecule has 1 heterocycles. The van der Waals surface area contributed by atoms with Crippen molar-refractivity contribution in [3.05, 3.63) is 30.1 Å². The fourth-order valence-electron chi connectivity index (χ4n) is 1.17. The number of pyridine rings is 1. The highest BCUT2D eigenvalue weighted by atomic mass is 35.5. The smallest absolute Gasteiger partial charge is 0.0312 e. The minimum absolute atomic E-state index is 0.0948. The van der Waals surface area contributed by atoms with E-state index in [2.05, 4.69) is 30.2 Å². The predicted octanol–water partition coefficient (Wildman–Crippen LogP) is 2.58. The molecular formula is C11H17ClN2. The van der Waals surface area contributed by atoms with Crippen molar-refractivity contribution >= 4 is 11.6 Å². The summed E-state index contributed by atoms with van der Waals surface area (Å²) in [7, 11) is 0. The molecule has 1 aromatic heterocycles. The summed E-state index contributed by atoms with van der Waals surface area (Å²) in [6.45, 7) is 5.16. The first-order valence-corrected chi connectivity index (χ1v) is 5.37. The normalized spacial score (nSPS) is 11.6. The maximum atomic E-state index is 5.72. The minimum atomic E-state index is 0.0948. The molecule has 0 aliphatic heterocycles. The van der Waals surface area contributed by atoms with Gasteiger partial charge in [0.1, 0.15) is 0 Å².